The minimum atomic E-state index is -0.454. The summed E-state index contributed by atoms with van der Waals surface area (Å²) in [5.74, 6) is -0.266. The number of nitrogens with zero attached hydrogens (tertiary/aromatic N) is 1. The van der Waals surface area contributed by atoms with Crippen molar-refractivity contribution in [3.05, 3.63) is 73.7 Å². The summed E-state index contributed by atoms with van der Waals surface area (Å²) in [4.78, 5) is 22.6. The summed E-state index contributed by atoms with van der Waals surface area (Å²) in [5.41, 5.74) is 1.95. The van der Waals surface area contributed by atoms with Crippen molar-refractivity contribution in [2.45, 2.75) is 13.5 Å². The molecule has 2 aromatic rings. The van der Waals surface area contributed by atoms with Crippen LogP contribution in [0.4, 0.5) is 5.69 Å². The lowest BCUT2D eigenvalue weighted by atomic mass is 10.1. The van der Waals surface area contributed by atoms with Crippen LogP contribution in [0.5, 0.6) is 0 Å². The Bertz CT molecular complexity index is 681. The summed E-state index contributed by atoms with van der Waals surface area (Å²) in [6.07, 6.45) is 0. The number of hydrogen-bond acceptors (Lipinski definition) is 3. The molecule has 0 unspecified atom stereocenters. The van der Waals surface area contributed by atoms with Crippen molar-refractivity contribution >= 4 is 27.5 Å². The molecule has 0 radical (unpaired) electrons. The molecule has 1 N–H and O–H groups in total. The van der Waals surface area contributed by atoms with Crippen LogP contribution in [-0.2, 0) is 6.54 Å². The minimum absolute atomic E-state index is 0.00298. The van der Waals surface area contributed by atoms with Crippen LogP contribution in [0.1, 0.15) is 21.5 Å². The molecule has 21 heavy (non-hydrogen) atoms. The van der Waals surface area contributed by atoms with Gasteiger partial charge in [-0.1, -0.05) is 34.1 Å². The Hall–Kier alpha value is -2.21. The number of carbonyl (C=O) groups is 1. The highest BCUT2D eigenvalue weighted by molar-refractivity contribution is 9.10. The topological polar surface area (TPSA) is 72.2 Å². The first-order valence-electron chi connectivity index (χ1n) is 6.25. The van der Waals surface area contributed by atoms with Crippen LogP contribution in [-0.4, -0.2) is 10.8 Å². The lowest BCUT2D eigenvalue weighted by molar-refractivity contribution is -0.385. The van der Waals surface area contributed by atoms with E-state index >= 15 is 0 Å². The van der Waals surface area contributed by atoms with Gasteiger partial charge in [0, 0.05) is 28.2 Å². The number of amides is 1. The van der Waals surface area contributed by atoms with Gasteiger partial charge >= 0.3 is 0 Å². The summed E-state index contributed by atoms with van der Waals surface area (Å²) in [7, 11) is 0. The largest absolute Gasteiger partial charge is 0.348 e. The molecule has 0 saturated heterocycles. The normalized spacial score (nSPS) is 10.2. The lowest BCUT2D eigenvalue weighted by Gasteiger charge is -2.07. The molecular formula is C15H13BrN2O3. The smallest absolute Gasteiger partial charge is 0.274 e. The van der Waals surface area contributed by atoms with Crippen molar-refractivity contribution in [1.82, 2.24) is 5.32 Å². The highest BCUT2D eigenvalue weighted by Crippen LogP contribution is 2.18. The molecule has 108 valence electrons. The minimum Gasteiger partial charge on any atom is -0.348 e. The Morgan fingerprint density at radius 2 is 2.00 bits per heavy atom. The van der Waals surface area contributed by atoms with E-state index in [1.165, 1.54) is 6.07 Å². The molecule has 0 bridgehead atoms. The van der Waals surface area contributed by atoms with Gasteiger partial charge in [0.25, 0.3) is 11.6 Å². The number of rotatable bonds is 4. The molecule has 1 amide bonds. The zero-order valence-electron chi connectivity index (χ0n) is 11.3. The van der Waals surface area contributed by atoms with E-state index in [9.17, 15) is 14.9 Å². The van der Waals surface area contributed by atoms with Crippen molar-refractivity contribution in [3.63, 3.8) is 0 Å². The van der Waals surface area contributed by atoms with Gasteiger partial charge in [-0.2, -0.15) is 0 Å². The maximum Gasteiger partial charge on any atom is 0.274 e. The SMILES string of the molecule is Cc1cc(Br)cc(C(=O)NCc2ccccc2[N+](=O)[O-])c1. The van der Waals surface area contributed by atoms with Crippen molar-refractivity contribution in [3.8, 4) is 0 Å². The Morgan fingerprint density at radius 1 is 1.29 bits per heavy atom. The molecule has 6 heteroatoms. The molecule has 0 aliphatic carbocycles. The first kappa shape index (κ1) is 15.2. The summed E-state index contributed by atoms with van der Waals surface area (Å²) in [5, 5.41) is 13.6. The average Bonchev–Trinajstić information content (AvgIpc) is 2.43. The van der Waals surface area contributed by atoms with Crippen LogP contribution in [0.15, 0.2) is 46.9 Å². The van der Waals surface area contributed by atoms with E-state index in [4.69, 9.17) is 0 Å². The first-order chi connectivity index (χ1) is 9.97. The fourth-order valence-corrected chi connectivity index (χ4v) is 2.59. The molecular weight excluding hydrogens is 336 g/mol. The van der Waals surface area contributed by atoms with Crippen LogP contribution >= 0.6 is 15.9 Å². The fourth-order valence-electron chi connectivity index (χ4n) is 1.98. The molecule has 0 atom stereocenters. The Kier molecular flexibility index (Phi) is 4.70. The van der Waals surface area contributed by atoms with Gasteiger partial charge in [0.2, 0.25) is 0 Å². The molecule has 0 aromatic heterocycles. The fraction of sp³-hybridized carbons (Fsp3) is 0.133. The highest BCUT2D eigenvalue weighted by atomic mass is 79.9. The number of halogens is 1. The quantitative estimate of drug-likeness (QED) is 0.677. The second-order valence-corrected chi connectivity index (χ2v) is 5.50. The molecule has 5 nitrogen and oxygen atoms in total. The molecule has 0 aliphatic rings. The van der Waals surface area contributed by atoms with Crippen LogP contribution in [0, 0.1) is 17.0 Å². The maximum absolute atomic E-state index is 12.1. The predicted octanol–water partition coefficient (Wildman–Crippen LogP) is 3.60. The number of benzene rings is 2. The number of aryl methyl sites for hydroxylation is 1. The van der Waals surface area contributed by atoms with Crippen molar-refractivity contribution < 1.29 is 9.72 Å². The molecule has 0 spiro atoms. The molecule has 0 aliphatic heterocycles. The van der Waals surface area contributed by atoms with Crippen LogP contribution in [0.2, 0.25) is 0 Å². The van der Waals surface area contributed by atoms with Crippen molar-refractivity contribution in [1.29, 1.82) is 0 Å². The van der Waals surface area contributed by atoms with E-state index in [-0.39, 0.29) is 18.1 Å². The monoisotopic (exact) mass is 348 g/mol. The van der Waals surface area contributed by atoms with Crippen LogP contribution < -0.4 is 5.32 Å². The summed E-state index contributed by atoms with van der Waals surface area (Å²) in [6, 6.07) is 11.7. The van der Waals surface area contributed by atoms with Crippen molar-refractivity contribution in [2.75, 3.05) is 0 Å². The third kappa shape index (κ3) is 3.88. The number of para-hydroxylation sites is 1. The summed E-state index contributed by atoms with van der Waals surface area (Å²) in [6.45, 7) is 2.01. The number of nitro groups is 1. The van der Waals surface area contributed by atoms with Gasteiger partial charge in [0.15, 0.2) is 0 Å². The second-order valence-electron chi connectivity index (χ2n) is 4.59. The van der Waals surface area contributed by atoms with E-state index in [1.54, 1.807) is 30.3 Å². The predicted molar refractivity (Wildman–Crippen MR) is 83.1 cm³/mol. The van der Waals surface area contributed by atoms with Gasteiger partial charge in [0.05, 0.1) is 4.92 Å². The molecule has 0 heterocycles. The summed E-state index contributed by atoms with van der Waals surface area (Å²) >= 11 is 3.34. The molecule has 0 saturated carbocycles. The maximum atomic E-state index is 12.1. The van der Waals surface area contributed by atoms with Gasteiger partial charge in [-0.25, -0.2) is 0 Å². The molecule has 2 rings (SSSR count). The second kappa shape index (κ2) is 6.49. The third-order valence-corrected chi connectivity index (χ3v) is 3.39. The zero-order valence-corrected chi connectivity index (χ0v) is 12.9. The van der Waals surface area contributed by atoms with E-state index in [2.05, 4.69) is 21.2 Å². The first-order valence-corrected chi connectivity index (χ1v) is 7.04. The molecule has 0 fully saturated rings. The van der Waals surface area contributed by atoms with Gasteiger partial charge in [-0.15, -0.1) is 0 Å². The van der Waals surface area contributed by atoms with Gasteiger partial charge in [-0.05, 0) is 30.7 Å². The number of carbonyl (C=O) groups excluding carboxylic acids is 1. The Balaban J connectivity index is 2.13. The standard InChI is InChI=1S/C15H13BrN2O3/c1-10-6-12(8-13(16)7-10)15(19)17-9-11-4-2-3-5-14(11)18(20)21/h2-8H,9H2,1H3,(H,17,19). The number of nitrogens with one attached hydrogen (secondary N) is 1. The molecule has 2 aromatic carbocycles. The van der Waals surface area contributed by atoms with E-state index in [1.807, 2.05) is 13.0 Å². The highest BCUT2D eigenvalue weighted by Gasteiger charge is 2.13. The average molecular weight is 349 g/mol. The van der Waals surface area contributed by atoms with E-state index in [0.717, 1.165) is 10.0 Å². The zero-order chi connectivity index (χ0) is 15.4. The van der Waals surface area contributed by atoms with Gasteiger partial charge in [-0.3, -0.25) is 14.9 Å². The van der Waals surface area contributed by atoms with Crippen LogP contribution in [0.25, 0.3) is 0 Å². The Morgan fingerprint density at radius 3 is 2.67 bits per heavy atom. The van der Waals surface area contributed by atoms with Gasteiger partial charge < -0.3 is 5.32 Å². The number of hydrogen-bond donors (Lipinski definition) is 1. The Labute approximate surface area is 130 Å². The summed E-state index contributed by atoms with van der Waals surface area (Å²) < 4.78 is 0.818. The van der Waals surface area contributed by atoms with Gasteiger partial charge in [0.1, 0.15) is 0 Å². The van der Waals surface area contributed by atoms with Crippen LogP contribution in [0.3, 0.4) is 0 Å². The lowest BCUT2D eigenvalue weighted by Crippen LogP contribution is -2.23. The third-order valence-electron chi connectivity index (χ3n) is 2.93. The van der Waals surface area contributed by atoms with E-state index < -0.39 is 4.92 Å². The number of nitro benzene ring substituents is 1. The van der Waals surface area contributed by atoms with E-state index in [0.29, 0.717) is 11.1 Å². The van der Waals surface area contributed by atoms with Crippen molar-refractivity contribution in [2.24, 2.45) is 0 Å².